The second-order valence-corrected chi connectivity index (χ2v) is 6.54. The molecule has 3 N–H and O–H groups in total. The number of hydrogen-bond donors (Lipinski definition) is 3. The van der Waals surface area contributed by atoms with Gasteiger partial charge in [0.25, 0.3) is 0 Å². The van der Waals surface area contributed by atoms with Gasteiger partial charge >= 0.3 is 0 Å². The van der Waals surface area contributed by atoms with Crippen molar-refractivity contribution in [1.82, 2.24) is 30.8 Å². The molecule has 0 saturated heterocycles. The van der Waals surface area contributed by atoms with Crippen molar-refractivity contribution in [2.75, 3.05) is 32.6 Å². The SMILES string of the molecule is CN=C(NCCc1nc(-c2ccco2)n[nH]1)NCc1csc(N(C)C)n1. The summed E-state index contributed by atoms with van der Waals surface area (Å²) in [5, 5.41) is 16.6. The molecule has 0 amide bonds. The summed E-state index contributed by atoms with van der Waals surface area (Å²) >= 11 is 1.62. The lowest BCUT2D eigenvalue weighted by Crippen LogP contribution is -2.38. The predicted octanol–water partition coefficient (Wildman–Crippen LogP) is 1.49. The van der Waals surface area contributed by atoms with Crippen LogP contribution in [0.2, 0.25) is 0 Å². The van der Waals surface area contributed by atoms with Gasteiger partial charge in [-0.1, -0.05) is 0 Å². The van der Waals surface area contributed by atoms with Gasteiger partial charge in [0.1, 0.15) is 5.82 Å². The number of nitrogens with zero attached hydrogens (tertiary/aromatic N) is 5. The normalized spacial score (nSPS) is 11.6. The van der Waals surface area contributed by atoms with Crippen molar-refractivity contribution in [3.8, 4) is 11.6 Å². The van der Waals surface area contributed by atoms with E-state index in [4.69, 9.17) is 4.42 Å². The predicted molar refractivity (Wildman–Crippen MR) is 102 cm³/mol. The van der Waals surface area contributed by atoms with Gasteiger partial charge in [-0.2, -0.15) is 5.10 Å². The van der Waals surface area contributed by atoms with Crippen LogP contribution in [0.4, 0.5) is 5.13 Å². The number of aromatic nitrogens is 4. The van der Waals surface area contributed by atoms with Gasteiger partial charge < -0.3 is 20.0 Å². The molecule has 26 heavy (non-hydrogen) atoms. The van der Waals surface area contributed by atoms with E-state index in [9.17, 15) is 0 Å². The van der Waals surface area contributed by atoms with Crippen molar-refractivity contribution in [3.05, 3.63) is 35.3 Å². The molecule has 3 aromatic rings. The Kier molecular flexibility index (Phi) is 5.84. The molecule has 0 unspecified atom stereocenters. The van der Waals surface area contributed by atoms with Crippen LogP contribution in [-0.2, 0) is 13.0 Å². The Morgan fingerprint density at radius 1 is 1.35 bits per heavy atom. The Hall–Kier alpha value is -2.88. The number of aliphatic imine (C=N–C) groups is 1. The zero-order chi connectivity index (χ0) is 18.4. The lowest BCUT2D eigenvalue weighted by atomic mass is 10.4. The molecule has 0 atom stereocenters. The van der Waals surface area contributed by atoms with Crippen LogP contribution >= 0.6 is 11.3 Å². The number of guanidine groups is 1. The third-order valence-electron chi connectivity index (χ3n) is 3.51. The molecule has 0 aliphatic carbocycles. The summed E-state index contributed by atoms with van der Waals surface area (Å²) in [4.78, 5) is 15.2. The first-order valence-corrected chi connectivity index (χ1v) is 9.05. The Bertz CT molecular complexity index is 836. The number of furan rings is 1. The van der Waals surface area contributed by atoms with Crippen LogP contribution in [-0.4, -0.2) is 53.8 Å². The first-order valence-electron chi connectivity index (χ1n) is 8.17. The zero-order valence-electron chi connectivity index (χ0n) is 15.0. The van der Waals surface area contributed by atoms with E-state index in [-0.39, 0.29) is 0 Å². The van der Waals surface area contributed by atoms with E-state index in [1.165, 1.54) is 0 Å². The van der Waals surface area contributed by atoms with Gasteiger partial charge in [0.2, 0.25) is 5.82 Å². The van der Waals surface area contributed by atoms with Crippen molar-refractivity contribution in [3.63, 3.8) is 0 Å². The molecule has 0 aliphatic heterocycles. The second-order valence-electron chi connectivity index (χ2n) is 5.70. The minimum atomic E-state index is 0.563. The van der Waals surface area contributed by atoms with Crippen LogP contribution in [0.25, 0.3) is 11.6 Å². The minimum absolute atomic E-state index is 0.563. The van der Waals surface area contributed by atoms with E-state index in [1.54, 1.807) is 24.6 Å². The van der Waals surface area contributed by atoms with Crippen molar-refractivity contribution >= 4 is 22.4 Å². The van der Waals surface area contributed by atoms with E-state index < -0.39 is 0 Å². The molecule has 0 spiro atoms. The molecule has 0 radical (unpaired) electrons. The molecular weight excluding hydrogens is 352 g/mol. The van der Waals surface area contributed by atoms with Crippen LogP contribution < -0.4 is 15.5 Å². The zero-order valence-corrected chi connectivity index (χ0v) is 15.8. The fourth-order valence-corrected chi connectivity index (χ4v) is 2.96. The van der Waals surface area contributed by atoms with E-state index >= 15 is 0 Å². The molecular formula is C16H22N8OS. The average Bonchev–Trinajstić information content (AvgIpc) is 3.39. The Labute approximate surface area is 155 Å². The number of rotatable bonds is 7. The maximum Gasteiger partial charge on any atom is 0.216 e. The average molecular weight is 374 g/mol. The standard InChI is InChI=1S/C16H22N8OS/c1-17-15(19-9-11-10-26-16(20-11)24(2)3)18-7-6-13-21-14(23-22-13)12-5-4-8-25-12/h4-5,8,10H,6-7,9H2,1-3H3,(H2,17,18,19)(H,21,22,23). The van der Waals surface area contributed by atoms with E-state index in [0.29, 0.717) is 31.1 Å². The molecule has 138 valence electrons. The highest BCUT2D eigenvalue weighted by molar-refractivity contribution is 7.13. The van der Waals surface area contributed by atoms with E-state index in [0.717, 1.165) is 22.6 Å². The quantitative estimate of drug-likeness (QED) is 0.425. The smallest absolute Gasteiger partial charge is 0.216 e. The summed E-state index contributed by atoms with van der Waals surface area (Å²) < 4.78 is 5.29. The van der Waals surface area contributed by atoms with Crippen LogP contribution in [0.3, 0.4) is 0 Å². The van der Waals surface area contributed by atoms with Crippen molar-refractivity contribution in [1.29, 1.82) is 0 Å². The maximum absolute atomic E-state index is 5.29. The third kappa shape index (κ3) is 4.60. The summed E-state index contributed by atoms with van der Waals surface area (Å²) in [5.74, 6) is 2.72. The topological polar surface area (TPSA) is 107 Å². The van der Waals surface area contributed by atoms with Gasteiger partial charge in [0, 0.05) is 39.5 Å². The first-order chi connectivity index (χ1) is 12.7. The van der Waals surface area contributed by atoms with Crippen LogP contribution in [0, 0.1) is 0 Å². The van der Waals surface area contributed by atoms with E-state index in [2.05, 4.69) is 35.8 Å². The third-order valence-corrected chi connectivity index (χ3v) is 4.57. The molecule has 3 heterocycles. The Morgan fingerprint density at radius 3 is 2.92 bits per heavy atom. The van der Waals surface area contributed by atoms with Crippen LogP contribution in [0.15, 0.2) is 33.2 Å². The summed E-state index contributed by atoms with van der Waals surface area (Å²) in [5.41, 5.74) is 0.986. The first kappa shape index (κ1) is 17.9. The van der Waals surface area contributed by atoms with Gasteiger partial charge in [-0.3, -0.25) is 10.1 Å². The van der Waals surface area contributed by atoms with Gasteiger partial charge in [0.05, 0.1) is 18.5 Å². The number of H-pyrrole nitrogens is 1. The summed E-state index contributed by atoms with van der Waals surface area (Å²) in [6.07, 6.45) is 2.29. The summed E-state index contributed by atoms with van der Waals surface area (Å²) in [6.45, 7) is 1.29. The lowest BCUT2D eigenvalue weighted by molar-refractivity contribution is 0.577. The molecule has 0 aromatic carbocycles. The number of nitrogens with one attached hydrogen (secondary N) is 3. The second kappa shape index (κ2) is 8.48. The summed E-state index contributed by atoms with van der Waals surface area (Å²) in [6, 6.07) is 3.64. The Balaban J connectivity index is 1.44. The molecule has 0 bridgehead atoms. The molecule has 10 heteroatoms. The van der Waals surface area contributed by atoms with Gasteiger partial charge in [-0.05, 0) is 12.1 Å². The molecule has 3 aromatic heterocycles. The highest BCUT2D eigenvalue weighted by atomic mass is 32.1. The van der Waals surface area contributed by atoms with Crippen molar-refractivity contribution < 1.29 is 4.42 Å². The summed E-state index contributed by atoms with van der Waals surface area (Å²) in [7, 11) is 5.71. The monoisotopic (exact) mass is 374 g/mol. The molecule has 0 saturated carbocycles. The molecule has 9 nitrogen and oxygen atoms in total. The number of anilines is 1. The highest BCUT2D eigenvalue weighted by Crippen LogP contribution is 2.17. The number of hydrogen-bond acceptors (Lipinski definition) is 7. The Morgan fingerprint density at radius 2 is 2.23 bits per heavy atom. The van der Waals surface area contributed by atoms with Crippen LogP contribution in [0.5, 0.6) is 0 Å². The maximum atomic E-state index is 5.29. The molecule has 0 fully saturated rings. The molecule has 3 rings (SSSR count). The fourth-order valence-electron chi connectivity index (χ4n) is 2.20. The van der Waals surface area contributed by atoms with Gasteiger partial charge in [-0.15, -0.1) is 11.3 Å². The van der Waals surface area contributed by atoms with Gasteiger partial charge in [0.15, 0.2) is 16.9 Å². The highest BCUT2D eigenvalue weighted by Gasteiger charge is 2.08. The van der Waals surface area contributed by atoms with E-state index in [1.807, 2.05) is 36.5 Å². The van der Waals surface area contributed by atoms with Gasteiger partial charge in [-0.25, -0.2) is 9.97 Å². The molecule has 0 aliphatic rings. The largest absolute Gasteiger partial charge is 0.461 e. The number of thiazole rings is 1. The van der Waals surface area contributed by atoms with Crippen molar-refractivity contribution in [2.24, 2.45) is 4.99 Å². The van der Waals surface area contributed by atoms with Crippen LogP contribution in [0.1, 0.15) is 11.5 Å². The number of aromatic amines is 1. The fraction of sp³-hybridized carbons (Fsp3) is 0.375. The lowest BCUT2D eigenvalue weighted by Gasteiger charge is -2.10. The van der Waals surface area contributed by atoms with Crippen molar-refractivity contribution in [2.45, 2.75) is 13.0 Å². The minimum Gasteiger partial charge on any atom is -0.461 e.